The molecule has 0 atom stereocenters. The van der Waals surface area contributed by atoms with Gasteiger partial charge in [0.15, 0.2) is 11.6 Å². The van der Waals surface area contributed by atoms with Crippen molar-refractivity contribution in [2.75, 3.05) is 5.32 Å². The number of halogens is 5. The number of sulfonamides is 1. The predicted octanol–water partition coefficient (Wildman–Crippen LogP) is 5.14. The highest BCUT2D eigenvalue weighted by Gasteiger charge is 2.34. The van der Waals surface area contributed by atoms with E-state index >= 15 is 0 Å². The molecule has 2 N–H and O–H groups in total. The Labute approximate surface area is 192 Å². The maximum atomic E-state index is 14.8. The summed E-state index contributed by atoms with van der Waals surface area (Å²) in [5.41, 5.74) is -0.119. The second kappa shape index (κ2) is 8.71. The average molecular weight is 495 g/mol. The zero-order valence-electron chi connectivity index (χ0n) is 17.7. The number of nitrogens with one attached hydrogen (secondary N) is 2. The summed E-state index contributed by atoms with van der Waals surface area (Å²) in [4.78, 5) is 3.42. The topological polar surface area (TPSA) is 70.6 Å². The first kappa shape index (κ1) is 23.7. The molecule has 1 aliphatic heterocycles. The average Bonchev–Trinajstić information content (AvgIpc) is 2.77. The Hall–Kier alpha value is -3.47. The predicted molar refractivity (Wildman–Crippen MR) is 117 cm³/mol. The van der Waals surface area contributed by atoms with Gasteiger partial charge >= 0.3 is 6.18 Å². The second-order valence-corrected chi connectivity index (χ2v) is 9.33. The van der Waals surface area contributed by atoms with Gasteiger partial charge in [0.1, 0.15) is 4.90 Å². The van der Waals surface area contributed by atoms with Crippen molar-refractivity contribution in [3.05, 3.63) is 94.0 Å². The highest BCUT2D eigenvalue weighted by Crippen LogP contribution is 2.35. The molecule has 0 saturated carbocycles. The number of aryl methyl sites for hydroxylation is 1. The minimum atomic E-state index is -4.62. The van der Waals surface area contributed by atoms with E-state index in [0.717, 1.165) is 11.6 Å². The fourth-order valence-corrected chi connectivity index (χ4v) is 4.85. The molecule has 178 valence electrons. The number of guanidine groups is 1. The van der Waals surface area contributed by atoms with Crippen LogP contribution in [0.4, 0.5) is 27.6 Å². The van der Waals surface area contributed by atoms with Crippen LogP contribution in [0.25, 0.3) is 0 Å². The summed E-state index contributed by atoms with van der Waals surface area (Å²) in [5, 5.41) is 2.63. The van der Waals surface area contributed by atoms with Crippen molar-refractivity contribution < 1.29 is 30.4 Å². The van der Waals surface area contributed by atoms with E-state index in [1.807, 2.05) is 0 Å². The molecule has 4 rings (SSSR count). The SMILES string of the molecule is Cc1ccccc1Cc1c(F)c(F)cc2c1NC(=NCc1ccccc1C(F)(F)F)NS2(=O)=O. The third-order valence-electron chi connectivity index (χ3n) is 5.40. The maximum absolute atomic E-state index is 14.8. The quantitative estimate of drug-likeness (QED) is 0.493. The van der Waals surface area contributed by atoms with Gasteiger partial charge < -0.3 is 5.32 Å². The Morgan fingerprint density at radius 3 is 2.29 bits per heavy atom. The summed E-state index contributed by atoms with van der Waals surface area (Å²) in [7, 11) is -4.37. The number of fused-ring (bicyclic) bond motifs is 1. The van der Waals surface area contributed by atoms with E-state index in [0.29, 0.717) is 11.6 Å². The zero-order valence-corrected chi connectivity index (χ0v) is 18.5. The Morgan fingerprint density at radius 2 is 1.62 bits per heavy atom. The van der Waals surface area contributed by atoms with Crippen LogP contribution < -0.4 is 10.0 Å². The van der Waals surface area contributed by atoms with Crippen LogP contribution in [0, 0.1) is 18.6 Å². The van der Waals surface area contributed by atoms with Gasteiger partial charge in [-0.1, -0.05) is 42.5 Å². The largest absolute Gasteiger partial charge is 0.416 e. The van der Waals surface area contributed by atoms with Crippen LogP contribution in [0.1, 0.15) is 27.8 Å². The third-order valence-corrected chi connectivity index (χ3v) is 6.77. The van der Waals surface area contributed by atoms with Crippen molar-refractivity contribution in [3.63, 3.8) is 0 Å². The molecule has 0 fully saturated rings. The molecule has 0 bridgehead atoms. The van der Waals surface area contributed by atoms with Crippen molar-refractivity contribution in [3.8, 4) is 0 Å². The van der Waals surface area contributed by atoms with E-state index in [1.54, 1.807) is 31.2 Å². The maximum Gasteiger partial charge on any atom is 0.416 e. The van der Waals surface area contributed by atoms with Crippen LogP contribution in [0.5, 0.6) is 0 Å². The molecule has 0 unspecified atom stereocenters. The van der Waals surface area contributed by atoms with Gasteiger partial charge in [0.25, 0.3) is 10.0 Å². The summed E-state index contributed by atoms with van der Waals surface area (Å²) in [5.74, 6) is -2.97. The van der Waals surface area contributed by atoms with Crippen LogP contribution >= 0.6 is 0 Å². The molecular formula is C23H18F5N3O2S. The minimum Gasteiger partial charge on any atom is -0.324 e. The summed E-state index contributed by atoms with van der Waals surface area (Å²) < 4.78 is 96.5. The van der Waals surface area contributed by atoms with Crippen LogP contribution in [0.2, 0.25) is 0 Å². The number of hydrogen-bond donors (Lipinski definition) is 2. The molecule has 3 aromatic carbocycles. The van der Waals surface area contributed by atoms with Crippen molar-refractivity contribution >= 4 is 21.7 Å². The molecule has 11 heteroatoms. The second-order valence-electron chi connectivity index (χ2n) is 7.68. The van der Waals surface area contributed by atoms with E-state index < -0.39 is 50.8 Å². The minimum absolute atomic E-state index is 0.120. The van der Waals surface area contributed by atoms with Crippen molar-refractivity contribution in [1.29, 1.82) is 0 Å². The van der Waals surface area contributed by atoms with E-state index in [4.69, 9.17) is 0 Å². The van der Waals surface area contributed by atoms with Crippen molar-refractivity contribution in [2.45, 2.75) is 31.0 Å². The number of benzene rings is 3. The number of anilines is 1. The van der Waals surface area contributed by atoms with Gasteiger partial charge in [0.2, 0.25) is 5.96 Å². The van der Waals surface area contributed by atoms with E-state index in [-0.39, 0.29) is 23.2 Å². The number of aliphatic imine (C=N–C) groups is 1. The van der Waals surface area contributed by atoms with Gasteiger partial charge in [-0.05, 0) is 35.7 Å². The van der Waals surface area contributed by atoms with E-state index in [1.165, 1.54) is 18.2 Å². The Balaban J connectivity index is 1.76. The van der Waals surface area contributed by atoms with Gasteiger partial charge in [-0.25, -0.2) is 26.9 Å². The summed E-state index contributed by atoms with van der Waals surface area (Å²) in [6.45, 7) is 1.27. The molecule has 3 aromatic rings. The van der Waals surface area contributed by atoms with Gasteiger partial charge in [-0.15, -0.1) is 0 Å². The molecular weight excluding hydrogens is 477 g/mol. The van der Waals surface area contributed by atoms with E-state index in [9.17, 15) is 30.4 Å². The van der Waals surface area contributed by atoms with Gasteiger partial charge in [0.05, 0.1) is 17.8 Å². The molecule has 1 aliphatic rings. The lowest BCUT2D eigenvalue weighted by molar-refractivity contribution is -0.138. The number of nitrogens with zero attached hydrogens (tertiary/aromatic N) is 1. The van der Waals surface area contributed by atoms with Gasteiger partial charge in [-0.3, -0.25) is 0 Å². The molecule has 5 nitrogen and oxygen atoms in total. The van der Waals surface area contributed by atoms with Crippen molar-refractivity contribution in [1.82, 2.24) is 4.72 Å². The molecule has 34 heavy (non-hydrogen) atoms. The lowest BCUT2D eigenvalue weighted by Gasteiger charge is -2.25. The molecule has 0 radical (unpaired) electrons. The normalized spacial score (nSPS) is 16.0. The molecule has 0 saturated heterocycles. The number of hydrogen-bond acceptors (Lipinski definition) is 3. The molecule has 1 heterocycles. The number of rotatable bonds is 4. The lowest BCUT2D eigenvalue weighted by atomic mass is 9.98. The molecule has 0 aliphatic carbocycles. The van der Waals surface area contributed by atoms with Crippen LogP contribution in [-0.2, 0) is 29.2 Å². The van der Waals surface area contributed by atoms with Crippen LogP contribution in [0.15, 0.2) is 64.5 Å². The molecule has 0 amide bonds. The lowest BCUT2D eigenvalue weighted by Crippen LogP contribution is -2.41. The summed E-state index contributed by atoms with van der Waals surface area (Å²) in [6, 6.07) is 12.2. The third kappa shape index (κ3) is 4.60. The van der Waals surface area contributed by atoms with Gasteiger partial charge in [0, 0.05) is 12.0 Å². The standard InChI is InChI=1S/C23H18F5N3O2S/c1-13-6-2-3-7-14(13)10-16-20(25)18(24)11-19-21(16)30-22(31-34(19,32)33)29-12-15-8-4-5-9-17(15)23(26,27)28/h2-9,11H,10,12H2,1H3,(H2,29,30,31). The fourth-order valence-electron chi connectivity index (χ4n) is 3.66. The zero-order chi connectivity index (χ0) is 24.7. The first-order chi connectivity index (χ1) is 16.0. The van der Waals surface area contributed by atoms with Crippen LogP contribution in [-0.4, -0.2) is 14.4 Å². The number of alkyl halides is 3. The smallest absolute Gasteiger partial charge is 0.324 e. The molecule has 0 spiro atoms. The monoisotopic (exact) mass is 495 g/mol. The Morgan fingerprint density at radius 1 is 0.971 bits per heavy atom. The molecule has 0 aromatic heterocycles. The Kier molecular flexibility index (Phi) is 6.07. The first-order valence-electron chi connectivity index (χ1n) is 10.0. The Bertz CT molecular complexity index is 1400. The van der Waals surface area contributed by atoms with Crippen LogP contribution in [0.3, 0.4) is 0 Å². The van der Waals surface area contributed by atoms with Crippen molar-refractivity contribution in [2.24, 2.45) is 4.99 Å². The highest BCUT2D eigenvalue weighted by molar-refractivity contribution is 7.90. The summed E-state index contributed by atoms with van der Waals surface area (Å²) >= 11 is 0. The summed E-state index contributed by atoms with van der Waals surface area (Å²) in [6.07, 6.45) is -4.74. The van der Waals surface area contributed by atoms with Gasteiger partial charge in [-0.2, -0.15) is 13.2 Å². The highest BCUT2D eigenvalue weighted by atomic mass is 32.2. The van der Waals surface area contributed by atoms with E-state index in [2.05, 4.69) is 15.0 Å². The first-order valence-corrected chi connectivity index (χ1v) is 11.5. The fraction of sp³-hybridized carbons (Fsp3) is 0.174.